The van der Waals surface area contributed by atoms with Gasteiger partial charge < -0.3 is 14.2 Å². The second-order valence-electron chi connectivity index (χ2n) is 8.17. The van der Waals surface area contributed by atoms with Gasteiger partial charge in [0, 0.05) is 25.3 Å². The monoisotopic (exact) mass is 474 g/mol. The van der Waals surface area contributed by atoms with Crippen molar-refractivity contribution in [2.75, 3.05) is 26.9 Å². The third-order valence-electron chi connectivity index (χ3n) is 5.71. The zero-order chi connectivity index (χ0) is 25.4. The summed E-state index contributed by atoms with van der Waals surface area (Å²) in [6.45, 7) is 7.09. The molecule has 0 bridgehead atoms. The zero-order valence-corrected chi connectivity index (χ0v) is 20.6. The largest absolute Gasteiger partial charge is 0.493 e. The Morgan fingerprint density at radius 2 is 1.77 bits per heavy atom. The Hall–Kier alpha value is -3.89. The summed E-state index contributed by atoms with van der Waals surface area (Å²) in [4.78, 5) is 27.0. The van der Waals surface area contributed by atoms with Crippen LogP contribution in [0.15, 0.2) is 59.2 Å². The number of imide groups is 1. The molecule has 0 saturated heterocycles. The van der Waals surface area contributed by atoms with Gasteiger partial charge in [0.2, 0.25) is 0 Å². The summed E-state index contributed by atoms with van der Waals surface area (Å²) in [5.74, 6) is 0.0900. The molecule has 0 atom stereocenters. The zero-order valence-electron chi connectivity index (χ0n) is 20.6. The molecule has 0 aliphatic carbocycles. The maximum Gasteiger partial charge on any atom is 0.271 e. The number of nitrogens with zero attached hydrogens (tertiary/aromatic N) is 2. The summed E-state index contributed by atoms with van der Waals surface area (Å²) < 4.78 is 16.8. The average molecular weight is 475 g/mol. The Bertz CT molecular complexity index is 1190. The summed E-state index contributed by atoms with van der Waals surface area (Å²) >= 11 is 0. The first kappa shape index (κ1) is 25.7. The Morgan fingerprint density at radius 3 is 2.43 bits per heavy atom. The van der Waals surface area contributed by atoms with Gasteiger partial charge in [-0.1, -0.05) is 35.9 Å². The minimum atomic E-state index is -0.568. The van der Waals surface area contributed by atoms with Crippen molar-refractivity contribution in [1.29, 1.82) is 5.26 Å². The van der Waals surface area contributed by atoms with E-state index >= 15 is 0 Å². The van der Waals surface area contributed by atoms with E-state index in [9.17, 15) is 14.9 Å². The quantitative estimate of drug-likeness (QED) is 0.284. The van der Waals surface area contributed by atoms with Gasteiger partial charge in [-0.05, 0) is 62.1 Å². The van der Waals surface area contributed by atoms with Crippen molar-refractivity contribution >= 4 is 17.9 Å². The lowest BCUT2D eigenvalue weighted by molar-refractivity contribution is -0.140. The van der Waals surface area contributed by atoms with Crippen LogP contribution in [-0.2, 0) is 20.9 Å². The van der Waals surface area contributed by atoms with Crippen LogP contribution < -0.4 is 9.47 Å². The number of benzene rings is 2. The lowest BCUT2D eigenvalue weighted by Gasteiger charge is -2.27. The number of hydrogen-bond donors (Lipinski definition) is 0. The van der Waals surface area contributed by atoms with E-state index in [4.69, 9.17) is 14.2 Å². The normalized spacial score (nSPS) is 14.9. The fourth-order valence-corrected chi connectivity index (χ4v) is 3.71. The third kappa shape index (κ3) is 6.17. The molecule has 182 valence electrons. The van der Waals surface area contributed by atoms with Crippen molar-refractivity contribution in [3.8, 4) is 17.6 Å². The molecule has 0 N–H and O–H groups in total. The molecular formula is C28H30N2O5. The molecule has 2 amide bonds. The van der Waals surface area contributed by atoms with E-state index in [1.54, 1.807) is 32.2 Å². The molecule has 7 nitrogen and oxygen atoms in total. The van der Waals surface area contributed by atoms with Gasteiger partial charge in [0.1, 0.15) is 18.2 Å². The van der Waals surface area contributed by atoms with E-state index in [0.717, 1.165) is 10.5 Å². The predicted octanol–water partition coefficient (Wildman–Crippen LogP) is 4.60. The van der Waals surface area contributed by atoms with E-state index in [1.165, 1.54) is 5.56 Å². The number of amides is 2. The fourth-order valence-electron chi connectivity index (χ4n) is 3.71. The smallest absolute Gasteiger partial charge is 0.271 e. The van der Waals surface area contributed by atoms with Gasteiger partial charge in [0.15, 0.2) is 11.5 Å². The Morgan fingerprint density at radius 1 is 1.03 bits per heavy atom. The van der Waals surface area contributed by atoms with Crippen LogP contribution in [0.3, 0.4) is 0 Å². The first-order valence-corrected chi connectivity index (χ1v) is 11.5. The summed E-state index contributed by atoms with van der Waals surface area (Å²) in [5, 5.41) is 9.56. The van der Waals surface area contributed by atoms with Crippen LogP contribution in [0.1, 0.15) is 37.0 Å². The maximum absolute atomic E-state index is 13.2. The van der Waals surface area contributed by atoms with Crippen LogP contribution in [-0.4, -0.2) is 43.6 Å². The molecule has 1 aliphatic rings. The maximum atomic E-state index is 13.2. The first-order valence-electron chi connectivity index (χ1n) is 11.5. The molecule has 3 rings (SSSR count). The van der Waals surface area contributed by atoms with Crippen molar-refractivity contribution in [2.45, 2.75) is 33.8 Å². The highest BCUT2D eigenvalue weighted by Crippen LogP contribution is 2.32. The van der Waals surface area contributed by atoms with Crippen LogP contribution >= 0.6 is 0 Å². The van der Waals surface area contributed by atoms with Crippen LogP contribution in [0, 0.1) is 18.3 Å². The highest BCUT2D eigenvalue weighted by Gasteiger charge is 2.35. The molecule has 7 heteroatoms. The van der Waals surface area contributed by atoms with Crippen LogP contribution in [0.5, 0.6) is 11.5 Å². The topological polar surface area (TPSA) is 88.9 Å². The molecule has 2 aromatic carbocycles. The summed E-state index contributed by atoms with van der Waals surface area (Å²) in [6.07, 6.45) is 2.17. The molecule has 0 spiro atoms. The number of carbonyl (C=O) groups is 2. The van der Waals surface area contributed by atoms with Gasteiger partial charge in [-0.15, -0.1) is 0 Å². The highest BCUT2D eigenvalue weighted by atomic mass is 16.5. The van der Waals surface area contributed by atoms with Crippen LogP contribution in [0.4, 0.5) is 0 Å². The second kappa shape index (κ2) is 12.0. The van der Waals surface area contributed by atoms with Gasteiger partial charge >= 0.3 is 0 Å². The molecule has 0 aromatic heterocycles. The fraction of sp³-hybridized carbons (Fsp3) is 0.321. The van der Waals surface area contributed by atoms with E-state index in [0.29, 0.717) is 54.5 Å². The molecule has 2 aromatic rings. The lowest BCUT2D eigenvalue weighted by atomic mass is 9.93. The molecule has 0 fully saturated rings. The summed E-state index contributed by atoms with van der Waals surface area (Å²) in [5.41, 5.74) is 3.54. The summed E-state index contributed by atoms with van der Waals surface area (Å²) in [6, 6.07) is 15.4. The molecule has 0 radical (unpaired) electrons. The van der Waals surface area contributed by atoms with E-state index in [-0.39, 0.29) is 12.1 Å². The number of carbonyl (C=O) groups excluding carboxylic acids is 2. The minimum absolute atomic E-state index is 0.0303. The van der Waals surface area contributed by atoms with Crippen LogP contribution in [0.25, 0.3) is 6.08 Å². The van der Waals surface area contributed by atoms with Gasteiger partial charge in [-0.25, -0.2) is 0 Å². The molecule has 35 heavy (non-hydrogen) atoms. The highest BCUT2D eigenvalue weighted by molar-refractivity contribution is 6.19. The number of methoxy groups -OCH3 is 1. The molecular weight excluding hydrogens is 444 g/mol. The molecule has 1 aliphatic heterocycles. The summed E-state index contributed by atoms with van der Waals surface area (Å²) in [7, 11) is 1.55. The second-order valence-corrected chi connectivity index (χ2v) is 8.17. The number of ether oxygens (including phenoxy) is 3. The number of nitriles is 1. The van der Waals surface area contributed by atoms with Crippen molar-refractivity contribution in [3.63, 3.8) is 0 Å². The standard InChI is InChI=1S/C28H30N2O5/c1-5-34-14-6-13-30-27(31)23(20(3)24(17-29)28(30)32)15-22-11-12-25(26(16-22)33-4)35-18-21-9-7-19(2)8-10-21/h7-12,15-16H,5-6,13-14,18H2,1-4H3/b23-15+. The average Bonchev–Trinajstić information content (AvgIpc) is 2.86. The first-order chi connectivity index (χ1) is 16.9. The van der Waals surface area contributed by atoms with Gasteiger partial charge in [0.25, 0.3) is 11.8 Å². The van der Waals surface area contributed by atoms with Gasteiger partial charge in [-0.3, -0.25) is 14.5 Å². The van der Waals surface area contributed by atoms with Gasteiger partial charge in [-0.2, -0.15) is 5.26 Å². The van der Waals surface area contributed by atoms with Crippen molar-refractivity contribution in [2.24, 2.45) is 0 Å². The van der Waals surface area contributed by atoms with E-state index in [1.807, 2.05) is 50.2 Å². The number of aryl methyl sites for hydroxylation is 1. The SMILES string of the molecule is CCOCCCN1C(=O)C(C#N)=C(C)/C(=C\c2ccc(OCc3ccc(C)cc3)c(OC)c2)C1=O. The Labute approximate surface area is 206 Å². The molecule has 0 saturated carbocycles. The lowest BCUT2D eigenvalue weighted by Crippen LogP contribution is -2.43. The third-order valence-corrected chi connectivity index (χ3v) is 5.71. The Balaban J connectivity index is 1.85. The predicted molar refractivity (Wildman–Crippen MR) is 133 cm³/mol. The number of hydrogen-bond acceptors (Lipinski definition) is 6. The van der Waals surface area contributed by atoms with Crippen molar-refractivity contribution in [3.05, 3.63) is 75.9 Å². The van der Waals surface area contributed by atoms with Crippen molar-refractivity contribution in [1.82, 2.24) is 4.90 Å². The number of rotatable bonds is 10. The van der Waals surface area contributed by atoms with Crippen LogP contribution in [0.2, 0.25) is 0 Å². The van der Waals surface area contributed by atoms with E-state index in [2.05, 4.69) is 0 Å². The van der Waals surface area contributed by atoms with Gasteiger partial charge in [0.05, 0.1) is 7.11 Å². The Kier molecular flexibility index (Phi) is 8.82. The molecule has 0 unspecified atom stereocenters. The molecule has 1 heterocycles. The minimum Gasteiger partial charge on any atom is -0.493 e. The van der Waals surface area contributed by atoms with Crippen molar-refractivity contribution < 1.29 is 23.8 Å². The van der Waals surface area contributed by atoms with E-state index < -0.39 is 11.8 Å².